The van der Waals surface area contributed by atoms with Crippen molar-refractivity contribution in [1.29, 1.82) is 0 Å². The molecule has 0 spiro atoms. The van der Waals surface area contributed by atoms with Gasteiger partial charge in [0.05, 0.1) is 33.5 Å². The number of nitrogens with zero attached hydrogens (tertiary/aromatic N) is 1. The summed E-state index contributed by atoms with van der Waals surface area (Å²) in [6, 6.07) is 6.03. The molecule has 2 fully saturated rings. The van der Waals surface area contributed by atoms with E-state index in [9.17, 15) is 4.79 Å². The number of halogens is 2. The Bertz CT molecular complexity index is 659. The number of methoxy groups -OCH3 is 2. The molecular weight excluding hydrogens is 429 g/mol. The summed E-state index contributed by atoms with van der Waals surface area (Å²) in [5.41, 5.74) is 6.96. The van der Waals surface area contributed by atoms with E-state index < -0.39 is 0 Å². The summed E-state index contributed by atoms with van der Waals surface area (Å²) in [6.07, 6.45) is 3.08. The van der Waals surface area contributed by atoms with Gasteiger partial charge in [-0.1, -0.05) is 12.5 Å². The highest BCUT2D eigenvalue weighted by molar-refractivity contribution is 5.85. The molecule has 0 bridgehead atoms. The molecule has 2 aliphatic rings. The number of carbonyl (C=O) groups excluding carboxylic acids is 1. The lowest BCUT2D eigenvalue weighted by Crippen LogP contribution is -2.45. The fourth-order valence-corrected chi connectivity index (χ4v) is 4.40. The van der Waals surface area contributed by atoms with Crippen molar-refractivity contribution < 1.29 is 19.0 Å². The van der Waals surface area contributed by atoms with Crippen LogP contribution in [0.15, 0.2) is 18.2 Å². The molecule has 3 atom stereocenters. The maximum absolute atomic E-state index is 12.8. The Hall–Kier alpha value is -1.25. The molecule has 1 aromatic carbocycles. The quantitative estimate of drug-likeness (QED) is 0.615. The molecular formula is C21H35Cl2N3O4. The lowest BCUT2D eigenvalue weighted by molar-refractivity contribution is -0.126. The smallest absolute Gasteiger partial charge is 0.223 e. The summed E-state index contributed by atoms with van der Waals surface area (Å²) in [5.74, 6) is 1.88. The van der Waals surface area contributed by atoms with Crippen LogP contribution in [-0.2, 0) is 9.53 Å². The number of carbonyl (C=O) groups is 1. The van der Waals surface area contributed by atoms with Gasteiger partial charge >= 0.3 is 0 Å². The van der Waals surface area contributed by atoms with E-state index in [1.165, 1.54) is 0 Å². The number of nitrogens with two attached hydrogens (primary N) is 1. The van der Waals surface area contributed by atoms with Crippen LogP contribution in [-0.4, -0.2) is 64.4 Å². The van der Waals surface area contributed by atoms with Gasteiger partial charge < -0.3 is 25.3 Å². The summed E-state index contributed by atoms with van der Waals surface area (Å²) >= 11 is 0. The number of hydrogen-bond donors (Lipinski definition) is 2. The van der Waals surface area contributed by atoms with E-state index in [4.69, 9.17) is 19.9 Å². The second kappa shape index (κ2) is 13.2. The van der Waals surface area contributed by atoms with Crippen LogP contribution >= 0.6 is 24.8 Å². The van der Waals surface area contributed by atoms with E-state index in [1.54, 1.807) is 14.2 Å². The van der Waals surface area contributed by atoms with Crippen LogP contribution in [0, 0.1) is 11.8 Å². The molecule has 0 radical (unpaired) electrons. The Morgan fingerprint density at radius 3 is 2.53 bits per heavy atom. The summed E-state index contributed by atoms with van der Waals surface area (Å²) in [4.78, 5) is 15.2. The fraction of sp³-hybridized carbons (Fsp3) is 0.667. The predicted octanol–water partition coefficient (Wildman–Crippen LogP) is 2.41. The van der Waals surface area contributed by atoms with Crippen LogP contribution in [0.2, 0.25) is 0 Å². The zero-order chi connectivity index (χ0) is 19.9. The molecule has 1 amide bonds. The van der Waals surface area contributed by atoms with Crippen molar-refractivity contribution in [1.82, 2.24) is 10.2 Å². The topological polar surface area (TPSA) is 86.0 Å². The lowest BCUT2D eigenvalue weighted by atomic mass is 9.95. The van der Waals surface area contributed by atoms with E-state index in [2.05, 4.69) is 10.2 Å². The number of hydrogen-bond acceptors (Lipinski definition) is 6. The molecule has 172 valence electrons. The third kappa shape index (κ3) is 6.37. The molecule has 1 saturated carbocycles. The number of benzene rings is 1. The van der Waals surface area contributed by atoms with Crippen LogP contribution in [0.3, 0.4) is 0 Å². The van der Waals surface area contributed by atoms with E-state index in [0.29, 0.717) is 43.7 Å². The molecule has 7 nitrogen and oxygen atoms in total. The van der Waals surface area contributed by atoms with Gasteiger partial charge in [0.2, 0.25) is 5.91 Å². The zero-order valence-electron chi connectivity index (χ0n) is 17.8. The van der Waals surface area contributed by atoms with Crippen molar-refractivity contribution in [3.8, 4) is 11.5 Å². The average molecular weight is 464 g/mol. The highest BCUT2D eigenvalue weighted by Gasteiger charge is 2.33. The molecule has 0 aromatic heterocycles. The van der Waals surface area contributed by atoms with E-state index in [1.807, 2.05) is 18.2 Å². The summed E-state index contributed by atoms with van der Waals surface area (Å²) < 4.78 is 16.4. The van der Waals surface area contributed by atoms with Crippen molar-refractivity contribution in [3.05, 3.63) is 23.8 Å². The van der Waals surface area contributed by atoms with E-state index in [0.717, 1.165) is 37.9 Å². The number of nitrogens with one attached hydrogen (secondary N) is 1. The first kappa shape index (κ1) is 26.8. The number of amides is 1. The third-order valence-electron chi connectivity index (χ3n) is 6.05. The Labute approximate surface area is 191 Å². The normalized spacial score (nSPS) is 22.4. The summed E-state index contributed by atoms with van der Waals surface area (Å²) in [5, 5.41) is 3.20. The monoisotopic (exact) mass is 463 g/mol. The second-order valence-corrected chi connectivity index (χ2v) is 7.56. The molecule has 9 heteroatoms. The Kier molecular flexibility index (Phi) is 11.8. The number of rotatable bonds is 8. The van der Waals surface area contributed by atoms with Crippen LogP contribution in [0.4, 0.5) is 0 Å². The average Bonchev–Trinajstić information content (AvgIpc) is 3.23. The van der Waals surface area contributed by atoms with Gasteiger partial charge in [0, 0.05) is 25.6 Å². The fourth-order valence-electron chi connectivity index (χ4n) is 4.40. The van der Waals surface area contributed by atoms with Gasteiger partial charge in [0.1, 0.15) is 0 Å². The maximum Gasteiger partial charge on any atom is 0.223 e. The van der Waals surface area contributed by atoms with E-state index >= 15 is 0 Å². The third-order valence-corrected chi connectivity index (χ3v) is 6.05. The second-order valence-electron chi connectivity index (χ2n) is 7.56. The predicted molar refractivity (Wildman–Crippen MR) is 122 cm³/mol. The van der Waals surface area contributed by atoms with Gasteiger partial charge in [-0.05, 0) is 43.0 Å². The first-order chi connectivity index (χ1) is 13.7. The molecule has 1 saturated heterocycles. The van der Waals surface area contributed by atoms with Gasteiger partial charge in [-0.15, -0.1) is 24.8 Å². The number of ether oxygens (including phenoxy) is 3. The Morgan fingerprint density at radius 2 is 1.90 bits per heavy atom. The van der Waals surface area contributed by atoms with E-state index in [-0.39, 0.29) is 42.7 Å². The van der Waals surface area contributed by atoms with Gasteiger partial charge in [-0.3, -0.25) is 9.69 Å². The van der Waals surface area contributed by atoms with Crippen molar-refractivity contribution in [2.75, 3.05) is 53.6 Å². The Morgan fingerprint density at radius 1 is 1.20 bits per heavy atom. The molecule has 3 N–H and O–H groups in total. The van der Waals surface area contributed by atoms with Gasteiger partial charge in [0.15, 0.2) is 11.5 Å². The summed E-state index contributed by atoms with van der Waals surface area (Å²) in [7, 11) is 3.27. The molecule has 1 unspecified atom stereocenters. The van der Waals surface area contributed by atoms with Gasteiger partial charge in [0.25, 0.3) is 0 Å². The van der Waals surface area contributed by atoms with Gasteiger partial charge in [-0.2, -0.15) is 0 Å². The highest BCUT2D eigenvalue weighted by atomic mass is 35.5. The van der Waals surface area contributed by atoms with Crippen molar-refractivity contribution in [2.45, 2.75) is 25.3 Å². The maximum atomic E-state index is 12.8. The zero-order valence-corrected chi connectivity index (χ0v) is 19.4. The molecule has 1 aromatic rings. The van der Waals surface area contributed by atoms with Crippen LogP contribution in [0.5, 0.6) is 11.5 Å². The molecule has 1 heterocycles. The van der Waals surface area contributed by atoms with Crippen LogP contribution < -0.4 is 20.5 Å². The van der Waals surface area contributed by atoms with Crippen LogP contribution in [0.1, 0.15) is 30.9 Å². The molecule has 1 aliphatic carbocycles. The molecule has 1 aliphatic heterocycles. The van der Waals surface area contributed by atoms with Crippen LogP contribution in [0.25, 0.3) is 0 Å². The standard InChI is InChI=1S/C21H33N3O4.2ClH/c1-26-19-7-6-15(12-20(19)27-2)18(24-8-10-28-11-9-24)14-23-21(25)17-5-3-4-16(17)13-22;;/h6-7,12,16-18H,3-5,8-11,13-14,22H2,1-2H3,(H,23,25);2*1H/t16-,17-,18?;;/m1../s1. The first-order valence-corrected chi connectivity index (χ1v) is 10.2. The molecule has 30 heavy (non-hydrogen) atoms. The van der Waals surface area contributed by atoms with Crippen molar-refractivity contribution >= 4 is 30.7 Å². The number of morpholine rings is 1. The minimum atomic E-state index is 0. The van der Waals surface area contributed by atoms with Gasteiger partial charge in [-0.25, -0.2) is 0 Å². The minimum absolute atomic E-state index is 0. The molecule has 3 rings (SSSR count). The van der Waals surface area contributed by atoms with Crippen molar-refractivity contribution in [3.63, 3.8) is 0 Å². The minimum Gasteiger partial charge on any atom is -0.493 e. The SMILES string of the molecule is COc1ccc(C(CNC(=O)[C@@H]2CCC[C@@H]2CN)N2CCOCC2)cc1OC.Cl.Cl. The largest absolute Gasteiger partial charge is 0.493 e. The highest BCUT2D eigenvalue weighted by Crippen LogP contribution is 2.33. The first-order valence-electron chi connectivity index (χ1n) is 10.2. The lowest BCUT2D eigenvalue weighted by Gasteiger charge is -2.35. The Balaban J connectivity index is 0.00000225. The summed E-state index contributed by atoms with van der Waals surface area (Å²) in [6.45, 7) is 4.22. The van der Waals surface area contributed by atoms with Crippen molar-refractivity contribution in [2.24, 2.45) is 17.6 Å².